The van der Waals surface area contributed by atoms with Crippen molar-refractivity contribution in [1.82, 2.24) is 0 Å². The summed E-state index contributed by atoms with van der Waals surface area (Å²) in [6.07, 6.45) is -5.40. The summed E-state index contributed by atoms with van der Waals surface area (Å²) >= 11 is 0. The fourth-order valence-electron chi connectivity index (χ4n) is 2.70. The molecule has 0 aromatic heterocycles. The van der Waals surface area contributed by atoms with Gasteiger partial charge in [0.1, 0.15) is 5.92 Å². The Morgan fingerprint density at radius 3 is 2.26 bits per heavy atom. The second-order valence-corrected chi connectivity index (χ2v) is 5.60. The first-order valence-corrected chi connectivity index (χ1v) is 7.13. The zero-order chi connectivity index (χ0) is 17.2. The highest BCUT2D eigenvalue weighted by molar-refractivity contribution is 5.81. The Kier molecular flexibility index (Phi) is 4.78. The van der Waals surface area contributed by atoms with Gasteiger partial charge >= 0.3 is 12.1 Å². The van der Waals surface area contributed by atoms with Gasteiger partial charge < -0.3 is 5.11 Å². The van der Waals surface area contributed by atoms with Crippen LogP contribution in [-0.4, -0.2) is 17.3 Å². The molecule has 0 aliphatic carbocycles. The molecule has 122 valence electrons. The van der Waals surface area contributed by atoms with Crippen LogP contribution in [0, 0.1) is 13.8 Å². The molecule has 0 amide bonds. The van der Waals surface area contributed by atoms with Crippen LogP contribution in [0.5, 0.6) is 0 Å². The fourth-order valence-corrected chi connectivity index (χ4v) is 2.70. The Morgan fingerprint density at radius 1 is 1.13 bits per heavy atom. The van der Waals surface area contributed by atoms with Gasteiger partial charge in [-0.2, -0.15) is 13.2 Å². The number of hydrogen-bond donors (Lipinski definition) is 1. The first-order valence-electron chi connectivity index (χ1n) is 7.13. The Hall–Kier alpha value is -2.30. The summed E-state index contributed by atoms with van der Waals surface area (Å²) in [6, 6.07) is 11.4. The number of halogens is 3. The second kappa shape index (κ2) is 6.44. The van der Waals surface area contributed by atoms with Crippen molar-refractivity contribution in [3.05, 3.63) is 70.3 Å². The maximum atomic E-state index is 12.7. The first-order chi connectivity index (χ1) is 10.7. The molecule has 2 aromatic carbocycles. The van der Waals surface area contributed by atoms with Gasteiger partial charge in [0.2, 0.25) is 0 Å². The van der Waals surface area contributed by atoms with Crippen molar-refractivity contribution < 1.29 is 23.1 Å². The lowest BCUT2D eigenvalue weighted by Gasteiger charge is -2.19. The standard InChI is InChI=1S/C18H17F3O2/c1-11-8-13(10-18(19,20)21)9-15(12(11)2)16(17(22)23)14-6-4-3-5-7-14/h3-9,16H,10H2,1-2H3,(H,22,23). The van der Waals surface area contributed by atoms with Gasteiger partial charge in [-0.25, -0.2) is 0 Å². The minimum Gasteiger partial charge on any atom is -0.481 e. The van der Waals surface area contributed by atoms with Crippen molar-refractivity contribution in [2.45, 2.75) is 32.4 Å². The summed E-state index contributed by atoms with van der Waals surface area (Å²) in [5.74, 6) is -2.06. The number of carbonyl (C=O) groups is 1. The summed E-state index contributed by atoms with van der Waals surface area (Å²) in [4.78, 5) is 11.7. The predicted molar refractivity (Wildman–Crippen MR) is 81.6 cm³/mol. The van der Waals surface area contributed by atoms with E-state index in [0.29, 0.717) is 22.3 Å². The molecule has 2 aromatic rings. The molecule has 0 saturated carbocycles. The third-order valence-corrected chi connectivity index (χ3v) is 3.86. The molecule has 2 nitrogen and oxygen atoms in total. The molecule has 1 N–H and O–H groups in total. The first kappa shape index (κ1) is 17.1. The van der Waals surface area contributed by atoms with Crippen LogP contribution in [-0.2, 0) is 11.2 Å². The van der Waals surface area contributed by atoms with Crippen LogP contribution in [0.2, 0.25) is 0 Å². The van der Waals surface area contributed by atoms with E-state index in [9.17, 15) is 23.1 Å². The maximum Gasteiger partial charge on any atom is 0.393 e. The SMILES string of the molecule is Cc1cc(CC(F)(F)F)cc(C(C(=O)O)c2ccccc2)c1C. The molecule has 0 aliphatic rings. The number of aliphatic carboxylic acids is 1. The molecule has 0 bridgehead atoms. The van der Waals surface area contributed by atoms with Crippen LogP contribution in [0.15, 0.2) is 42.5 Å². The normalized spacial score (nSPS) is 12.9. The smallest absolute Gasteiger partial charge is 0.393 e. The monoisotopic (exact) mass is 322 g/mol. The third kappa shape index (κ3) is 4.12. The van der Waals surface area contributed by atoms with Crippen LogP contribution in [0.1, 0.15) is 33.7 Å². The van der Waals surface area contributed by atoms with Gasteiger partial charge in [0.05, 0.1) is 6.42 Å². The van der Waals surface area contributed by atoms with Gasteiger partial charge in [-0.3, -0.25) is 4.79 Å². The van der Waals surface area contributed by atoms with Crippen molar-refractivity contribution in [2.75, 3.05) is 0 Å². The highest BCUT2D eigenvalue weighted by Crippen LogP contribution is 2.32. The average Bonchev–Trinajstić information content (AvgIpc) is 2.43. The Labute approximate surface area is 132 Å². The van der Waals surface area contributed by atoms with E-state index in [1.54, 1.807) is 44.2 Å². The third-order valence-electron chi connectivity index (χ3n) is 3.86. The topological polar surface area (TPSA) is 37.3 Å². The van der Waals surface area contributed by atoms with Gasteiger partial charge in [0.15, 0.2) is 0 Å². The van der Waals surface area contributed by atoms with E-state index in [0.717, 1.165) is 0 Å². The predicted octanol–water partition coefficient (Wildman–Crippen LogP) is 4.62. The number of carboxylic acid groups (broad SMARTS) is 1. The van der Waals surface area contributed by atoms with E-state index < -0.39 is 24.5 Å². The minimum absolute atomic E-state index is 0.0813. The molecule has 0 heterocycles. The van der Waals surface area contributed by atoms with Crippen LogP contribution in [0.3, 0.4) is 0 Å². The van der Waals surface area contributed by atoms with E-state index in [1.807, 2.05) is 0 Å². The molecule has 0 saturated heterocycles. The molecule has 1 atom stereocenters. The second-order valence-electron chi connectivity index (χ2n) is 5.60. The van der Waals surface area contributed by atoms with Gasteiger partial charge in [-0.05, 0) is 41.7 Å². The maximum absolute atomic E-state index is 12.7. The summed E-state index contributed by atoms with van der Waals surface area (Å²) in [5, 5.41) is 9.60. The molecule has 1 unspecified atom stereocenters. The lowest BCUT2D eigenvalue weighted by atomic mass is 9.85. The molecule has 0 spiro atoms. The number of benzene rings is 2. The quantitative estimate of drug-likeness (QED) is 0.891. The van der Waals surface area contributed by atoms with Crippen LogP contribution in [0.4, 0.5) is 13.2 Å². The number of rotatable bonds is 4. The highest BCUT2D eigenvalue weighted by Gasteiger charge is 2.30. The van der Waals surface area contributed by atoms with Crippen molar-refractivity contribution in [2.24, 2.45) is 0 Å². The largest absolute Gasteiger partial charge is 0.481 e. The average molecular weight is 322 g/mol. The van der Waals surface area contributed by atoms with Gasteiger partial charge in [-0.1, -0.05) is 42.5 Å². The lowest BCUT2D eigenvalue weighted by molar-refractivity contribution is -0.137. The molecular formula is C18H17F3O2. The molecule has 0 aliphatic heterocycles. The lowest BCUT2D eigenvalue weighted by Crippen LogP contribution is -2.17. The van der Waals surface area contributed by atoms with Crippen molar-refractivity contribution in [3.63, 3.8) is 0 Å². The van der Waals surface area contributed by atoms with Crippen molar-refractivity contribution in [3.8, 4) is 0 Å². The molecule has 5 heteroatoms. The molecule has 2 rings (SSSR count). The van der Waals surface area contributed by atoms with Gasteiger partial charge in [0, 0.05) is 0 Å². The van der Waals surface area contributed by atoms with E-state index in [1.165, 1.54) is 12.1 Å². The van der Waals surface area contributed by atoms with E-state index >= 15 is 0 Å². The Bertz CT molecular complexity index is 706. The van der Waals surface area contributed by atoms with Gasteiger partial charge in [0.25, 0.3) is 0 Å². The number of aryl methyl sites for hydroxylation is 1. The Morgan fingerprint density at radius 2 is 1.74 bits per heavy atom. The van der Waals surface area contributed by atoms with Gasteiger partial charge in [-0.15, -0.1) is 0 Å². The van der Waals surface area contributed by atoms with Crippen LogP contribution < -0.4 is 0 Å². The highest BCUT2D eigenvalue weighted by atomic mass is 19.4. The molecule has 0 radical (unpaired) electrons. The van der Waals surface area contributed by atoms with E-state index in [2.05, 4.69) is 0 Å². The summed E-state index contributed by atoms with van der Waals surface area (Å²) in [5.41, 5.74) is 2.39. The summed E-state index contributed by atoms with van der Waals surface area (Å²) in [7, 11) is 0. The van der Waals surface area contributed by atoms with Crippen LogP contribution >= 0.6 is 0 Å². The van der Waals surface area contributed by atoms with E-state index in [4.69, 9.17) is 0 Å². The number of hydrogen-bond acceptors (Lipinski definition) is 1. The minimum atomic E-state index is -4.33. The summed E-state index contributed by atoms with van der Waals surface area (Å²) < 4.78 is 38.0. The molecular weight excluding hydrogens is 305 g/mol. The number of carboxylic acids is 1. The summed E-state index contributed by atoms with van der Waals surface area (Å²) in [6.45, 7) is 3.43. The number of alkyl halides is 3. The van der Waals surface area contributed by atoms with Crippen molar-refractivity contribution in [1.29, 1.82) is 0 Å². The van der Waals surface area contributed by atoms with E-state index in [-0.39, 0.29) is 5.56 Å². The van der Waals surface area contributed by atoms with Crippen LogP contribution in [0.25, 0.3) is 0 Å². The zero-order valence-corrected chi connectivity index (χ0v) is 12.8. The zero-order valence-electron chi connectivity index (χ0n) is 12.8. The Balaban J connectivity index is 2.57. The fraction of sp³-hybridized carbons (Fsp3) is 0.278. The molecule has 23 heavy (non-hydrogen) atoms. The molecule has 0 fully saturated rings. The van der Waals surface area contributed by atoms with Crippen molar-refractivity contribution >= 4 is 5.97 Å².